The fourth-order valence-corrected chi connectivity index (χ4v) is 2.49. The third kappa shape index (κ3) is 5.31. The first-order chi connectivity index (χ1) is 10.1. The molecule has 1 aromatic rings. The predicted octanol–water partition coefficient (Wildman–Crippen LogP) is 1.11. The topological polar surface area (TPSA) is 75.4 Å². The first kappa shape index (κ1) is 18.5. The van der Waals surface area contributed by atoms with E-state index in [1.165, 1.54) is 5.56 Å². The molecule has 2 atom stereocenters. The lowest BCUT2D eigenvalue weighted by atomic mass is 10.1. The average molecular weight is 326 g/mol. The highest BCUT2D eigenvalue weighted by molar-refractivity contribution is 5.85. The fourth-order valence-electron chi connectivity index (χ4n) is 2.49. The normalized spacial score (nSPS) is 18.5. The molecule has 1 aromatic carbocycles. The molecule has 1 saturated heterocycles. The van der Waals surface area contributed by atoms with E-state index in [0.717, 1.165) is 12.8 Å². The van der Waals surface area contributed by atoms with Crippen molar-refractivity contribution >= 4 is 24.2 Å². The van der Waals surface area contributed by atoms with Gasteiger partial charge in [0.2, 0.25) is 11.8 Å². The van der Waals surface area contributed by atoms with Gasteiger partial charge in [-0.2, -0.15) is 0 Å². The summed E-state index contributed by atoms with van der Waals surface area (Å²) in [5, 5.41) is 2.88. The summed E-state index contributed by atoms with van der Waals surface area (Å²) in [5.74, 6) is -0.00464. The molecule has 1 unspecified atom stereocenters. The molecular weight excluding hydrogens is 302 g/mol. The molecule has 2 rings (SSSR count). The van der Waals surface area contributed by atoms with Gasteiger partial charge in [0.05, 0.1) is 6.04 Å². The molecule has 3 N–H and O–H groups in total. The fraction of sp³-hybridized carbons (Fsp3) is 0.500. The van der Waals surface area contributed by atoms with E-state index in [9.17, 15) is 9.59 Å². The predicted molar refractivity (Wildman–Crippen MR) is 88.8 cm³/mol. The first-order valence-corrected chi connectivity index (χ1v) is 7.44. The van der Waals surface area contributed by atoms with Crippen LogP contribution in [0.15, 0.2) is 30.3 Å². The van der Waals surface area contributed by atoms with E-state index in [1.807, 2.05) is 35.2 Å². The zero-order valence-electron chi connectivity index (χ0n) is 12.8. The van der Waals surface area contributed by atoms with Gasteiger partial charge >= 0.3 is 0 Å². The number of likely N-dealkylation sites (tertiary alicyclic amines) is 1. The number of benzene rings is 1. The van der Waals surface area contributed by atoms with Crippen molar-refractivity contribution in [1.82, 2.24) is 10.2 Å². The molecule has 0 spiro atoms. The summed E-state index contributed by atoms with van der Waals surface area (Å²) in [4.78, 5) is 25.5. The van der Waals surface area contributed by atoms with Gasteiger partial charge in [0.25, 0.3) is 0 Å². The number of carbonyl (C=O) groups is 2. The Kier molecular flexibility index (Phi) is 7.35. The van der Waals surface area contributed by atoms with Gasteiger partial charge in [-0.3, -0.25) is 9.59 Å². The van der Waals surface area contributed by atoms with Gasteiger partial charge in [0, 0.05) is 25.6 Å². The van der Waals surface area contributed by atoms with E-state index < -0.39 is 6.04 Å². The largest absolute Gasteiger partial charge is 0.350 e. The van der Waals surface area contributed by atoms with Crippen molar-refractivity contribution < 1.29 is 9.59 Å². The molecule has 5 nitrogen and oxygen atoms in total. The lowest BCUT2D eigenvalue weighted by Crippen LogP contribution is -2.45. The molecule has 1 heterocycles. The van der Waals surface area contributed by atoms with E-state index in [2.05, 4.69) is 5.32 Å². The zero-order valence-corrected chi connectivity index (χ0v) is 13.6. The summed E-state index contributed by atoms with van der Waals surface area (Å²) in [7, 11) is 0. The van der Waals surface area contributed by atoms with Gasteiger partial charge in [0.15, 0.2) is 0 Å². The number of carbonyl (C=O) groups excluding carboxylic acids is 2. The van der Waals surface area contributed by atoms with Crippen molar-refractivity contribution in [3.05, 3.63) is 35.9 Å². The molecule has 6 heteroatoms. The number of nitrogens with zero attached hydrogens (tertiary/aromatic N) is 1. The quantitative estimate of drug-likeness (QED) is 0.851. The lowest BCUT2D eigenvalue weighted by molar-refractivity contribution is -0.130. The summed E-state index contributed by atoms with van der Waals surface area (Å²) in [5.41, 5.74) is 6.70. The number of halogens is 1. The van der Waals surface area contributed by atoms with E-state index in [0.29, 0.717) is 19.5 Å². The molecule has 0 aliphatic carbocycles. The summed E-state index contributed by atoms with van der Waals surface area (Å²) < 4.78 is 0. The van der Waals surface area contributed by atoms with Crippen LogP contribution in [0, 0.1) is 0 Å². The molecular formula is C16H24ClN3O2. The van der Waals surface area contributed by atoms with Gasteiger partial charge in [-0.1, -0.05) is 30.3 Å². The summed E-state index contributed by atoms with van der Waals surface area (Å²) >= 11 is 0. The van der Waals surface area contributed by atoms with Gasteiger partial charge < -0.3 is 16.0 Å². The molecule has 0 radical (unpaired) electrons. The molecule has 22 heavy (non-hydrogen) atoms. The Morgan fingerprint density at radius 1 is 1.36 bits per heavy atom. The van der Waals surface area contributed by atoms with Crippen molar-refractivity contribution in [3.8, 4) is 0 Å². The molecule has 1 aliphatic rings. The number of nitrogens with one attached hydrogen (secondary N) is 1. The highest BCUT2D eigenvalue weighted by atomic mass is 35.5. The zero-order chi connectivity index (χ0) is 15.2. The van der Waals surface area contributed by atoms with Crippen LogP contribution in [0.1, 0.15) is 25.3 Å². The third-order valence-electron chi connectivity index (χ3n) is 3.77. The molecule has 1 fully saturated rings. The van der Waals surface area contributed by atoms with Crippen LogP contribution >= 0.6 is 12.4 Å². The van der Waals surface area contributed by atoms with E-state index in [-0.39, 0.29) is 30.3 Å². The molecule has 0 saturated carbocycles. The summed E-state index contributed by atoms with van der Waals surface area (Å²) in [6.45, 7) is 2.96. The van der Waals surface area contributed by atoms with Crippen LogP contribution in [0.3, 0.4) is 0 Å². The maximum absolute atomic E-state index is 12.2. The number of nitrogens with two attached hydrogens (primary N) is 1. The maximum Gasteiger partial charge on any atom is 0.236 e. The van der Waals surface area contributed by atoms with Crippen molar-refractivity contribution in [1.29, 1.82) is 0 Å². The Morgan fingerprint density at radius 3 is 2.68 bits per heavy atom. The summed E-state index contributed by atoms with van der Waals surface area (Å²) in [6, 6.07) is 9.52. The highest BCUT2D eigenvalue weighted by Crippen LogP contribution is 2.12. The Bertz CT molecular complexity index is 493. The number of amides is 2. The van der Waals surface area contributed by atoms with Crippen molar-refractivity contribution in [2.75, 3.05) is 13.1 Å². The van der Waals surface area contributed by atoms with Crippen LogP contribution in [0.25, 0.3) is 0 Å². The Labute approximate surface area is 137 Å². The second kappa shape index (κ2) is 8.76. The van der Waals surface area contributed by atoms with Gasteiger partial charge in [0.1, 0.15) is 0 Å². The van der Waals surface area contributed by atoms with Crippen LogP contribution in [-0.4, -0.2) is 41.9 Å². The van der Waals surface area contributed by atoms with E-state index >= 15 is 0 Å². The molecule has 0 bridgehead atoms. The lowest BCUT2D eigenvalue weighted by Gasteiger charge is -2.18. The molecule has 0 aromatic heterocycles. The van der Waals surface area contributed by atoms with Crippen molar-refractivity contribution in [3.63, 3.8) is 0 Å². The van der Waals surface area contributed by atoms with E-state index in [4.69, 9.17) is 5.73 Å². The number of rotatable bonds is 5. The van der Waals surface area contributed by atoms with Gasteiger partial charge in [-0.15, -0.1) is 12.4 Å². The highest BCUT2D eigenvalue weighted by Gasteiger charge is 2.27. The molecule has 122 valence electrons. The Balaban J connectivity index is 0.00000242. The second-order valence-corrected chi connectivity index (χ2v) is 5.61. The third-order valence-corrected chi connectivity index (χ3v) is 3.77. The van der Waals surface area contributed by atoms with Gasteiger partial charge in [-0.25, -0.2) is 0 Å². The average Bonchev–Trinajstić information content (AvgIpc) is 2.94. The minimum atomic E-state index is -0.507. The maximum atomic E-state index is 12.2. The smallest absolute Gasteiger partial charge is 0.236 e. The SMILES string of the molecule is C[C@H](N)C(=O)NC1CCN(C(=O)CCc2ccccc2)C1.Cl. The molecule has 1 aliphatic heterocycles. The van der Waals surface area contributed by atoms with Crippen molar-refractivity contribution in [2.24, 2.45) is 5.73 Å². The van der Waals surface area contributed by atoms with Crippen LogP contribution in [0.5, 0.6) is 0 Å². The number of hydrogen-bond donors (Lipinski definition) is 2. The minimum absolute atomic E-state index is 0. The Morgan fingerprint density at radius 2 is 2.05 bits per heavy atom. The number of hydrogen-bond acceptors (Lipinski definition) is 3. The van der Waals surface area contributed by atoms with E-state index in [1.54, 1.807) is 6.92 Å². The van der Waals surface area contributed by atoms with Crippen molar-refractivity contribution in [2.45, 2.75) is 38.3 Å². The van der Waals surface area contributed by atoms with Crippen LogP contribution in [0.4, 0.5) is 0 Å². The minimum Gasteiger partial charge on any atom is -0.350 e. The standard InChI is InChI=1S/C16H23N3O2.ClH/c1-12(17)16(21)18-14-9-10-19(11-14)15(20)8-7-13-5-3-2-4-6-13;/h2-6,12,14H,7-11,17H2,1H3,(H,18,21);1H/t12-,14?;/m0./s1. The van der Waals surface area contributed by atoms with Crippen LogP contribution in [-0.2, 0) is 16.0 Å². The van der Waals surface area contributed by atoms with Crippen LogP contribution in [0.2, 0.25) is 0 Å². The number of aryl methyl sites for hydroxylation is 1. The first-order valence-electron chi connectivity index (χ1n) is 7.44. The van der Waals surface area contributed by atoms with Gasteiger partial charge in [-0.05, 0) is 25.3 Å². The second-order valence-electron chi connectivity index (χ2n) is 5.61. The monoisotopic (exact) mass is 325 g/mol. The van der Waals surface area contributed by atoms with Crippen LogP contribution < -0.4 is 11.1 Å². The summed E-state index contributed by atoms with van der Waals surface area (Å²) in [6.07, 6.45) is 2.07. The molecule has 2 amide bonds. The Hall–Kier alpha value is -1.59.